The summed E-state index contributed by atoms with van der Waals surface area (Å²) in [4.78, 5) is 25.3. The third-order valence-electron chi connectivity index (χ3n) is 9.91. The van der Waals surface area contributed by atoms with Gasteiger partial charge < -0.3 is 28.8 Å². The standard InChI is InChI=1S/C44H87N2O6P/c1-6-8-10-12-14-16-18-20-21-22-23-24-26-28-30-32-34-36-38-44(48)45-42(41-52-53(49,50)51-40-39-46(3,4)5)43(47)37-35-33-31-29-27-25-19-17-15-13-11-9-7-2/h27,29,35,37,42-43,47H,6-26,28,30-34,36,38-41H2,1-5H3,(H-,45,48,49,50)/b29-27+,37-35+. The lowest BCUT2D eigenvalue weighted by Crippen LogP contribution is -2.45. The molecule has 0 aliphatic carbocycles. The van der Waals surface area contributed by atoms with Crippen LogP contribution < -0.4 is 10.2 Å². The van der Waals surface area contributed by atoms with Crippen molar-refractivity contribution < 1.29 is 32.9 Å². The van der Waals surface area contributed by atoms with E-state index >= 15 is 0 Å². The summed E-state index contributed by atoms with van der Waals surface area (Å²) >= 11 is 0. The number of allylic oxidation sites excluding steroid dienone is 3. The number of aliphatic hydroxyl groups excluding tert-OH is 1. The van der Waals surface area contributed by atoms with Gasteiger partial charge in [0.25, 0.3) is 7.82 Å². The third kappa shape index (κ3) is 39.0. The molecule has 9 heteroatoms. The van der Waals surface area contributed by atoms with E-state index in [1.54, 1.807) is 6.08 Å². The predicted octanol–water partition coefficient (Wildman–Crippen LogP) is 11.5. The van der Waals surface area contributed by atoms with Crippen molar-refractivity contribution in [2.24, 2.45) is 0 Å². The average Bonchev–Trinajstić information content (AvgIpc) is 3.10. The van der Waals surface area contributed by atoms with E-state index in [4.69, 9.17) is 9.05 Å². The van der Waals surface area contributed by atoms with Crippen molar-refractivity contribution in [3.05, 3.63) is 24.3 Å². The minimum Gasteiger partial charge on any atom is -0.756 e. The highest BCUT2D eigenvalue weighted by atomic mass is 31.2. The molecule has 0 aliphatic heterocycles. The Morgan fingerprint density at radius 1 is 0.642 bits per heavy atom. The second-order valence-electron chi connectivity index (χ2n) is 16.4. The van der Waals surface area contributed by atoms with E-state index in [1.165, 1.54) is 141 Å². The number of amides is 1. The van der Waals surface area contributed by atoms with Crippen LogP contribution in [0.3, 0.4) is 0 Å². The molecule has 314 valence electrons. The lowest BCUT2D eigenvalue weighted by molar-refractivity contribution is -0.870. The third-order valence-corrected chi connectivity index (χ3v) is 10.9. The van der Waals surface area contributed by atoms with Crippen LogP contribution in [0.5, 0.6) is 0 Å². The van der Waals surface area contributed by atoms with Gasteiger partial charge in [-0.05, 0) is 32.1 Å². The van der Waals surface area contributed by atoms with Gasteiger partial charge in [0.2, 0.25) is 5.91 Å². The number of nitrogens with one attached hydrogen (secondary N) is 1. The second kappa shape index (κ2) is 36.6. The van der Waals surface area contributed by atoms with Gasteiger partial charge in [-0.3, -0.25) is 9.36 Å². The van der Waals surface area contributed by atoms with Crippen molar-refractivity contribution >= 4 is 13.7 Å². The van der Waals surface area contributed by atoms with Crippen LogP contribution in [-0.2, 0) is 18.4 Å². The summed E-state index contributed by atoms with van der Waals surface area (Å²) in [6.45, 7) is 4.62. The van der Waals surface area contributed by atoms with Crippen LogP contribution in [0.4, 0.5) is 0 Å². The Bertz CT molecular complexity index is 922. The Labute approximate surface area is 328 Å². The van der Waals surface area contributed by atoms with Gasteiger partial charge in [-0.25, -0.2) is 0 Å². The molecule has 1 amide bonds. The molecule has 0 aromatic carbocycles. The first-order valence-corrected chi connectivity index (χ1v) is 23.7. The van der Waals surface area contributed by atoms with Gasteiger partial charge >= 0.3 is 0 Å². The Hall–Kier alpha value is -1.02. The maximum Gasteiger partial charge on any atom is 0.268 e. The van der Waals surface area contributed by atoms with Crippen LogP contribution in [0.15, 0.2) is 24.3 Å². The number of phosphoric ester groups is 1. The number of hydrogen-bond donors (Lipinski definition) is 2. The highest BCUT2D eigenvalue weighted by Crippen LogP contribution is 2.38. The van der Waals surface area contributed by atoms with E-state index in [2.05, 4.69) is 31.3 Å². The van der Waals surface area contributed by atoms with Crippen molar-refractivity contribution in [2.75, 3.05) is 40.9 Å². The molecule has 0 spiro atoms. The van der Waals surface area contributed by atoms with Crippen LogP contribution >= 0.6 is 7.82 Å². The van der Waals surface area contributed by atoms with Gasteiger partial charge in [-0.2, -0.15) is 0 Å². The number of hydrogen-bond acceptors (Lipinski definition) is 6. The van der Waals surface area contributed by atoms with E-state index in [-0.39, 0.29) is 19.1 Å². The Morgan fingerprint density at radius 3 is 1.53 bits per heavy atom. The van der Waals surface area contributed by atoms with Crippen molar-refractivity contribution in [3.63, 3.8) is 0 Å². The van der Waals surface area contributed by atoms with Crippen LogP contribution in [0.2, 0.25) is 0 Å². The fraction of sp³-hybridized carbons (Fsp3) is 0.886. The van der Waals surface area contributed by atoms with Crippen molar-refractivity contribution in [1.82, 2.24) is 5.32 Å². The lowest BCUT2D eigenvalue weighted by Gasteiger charge is -2.29. The highest BCUT2D eigenvalue weighted by Gasteiger charge is 2.23. The molecule has 8 nitrogen and oxygen atoms in total. The first-order chi connectivity index (χ1) is 25.5. The number of unbranched alkanes of at least 4 members (excludes halogenated alkanes) is 25. The van der Waals surface area contributed by atoms with Crippen molar-refractivity contribution in [2.45, 2.75) is 212 Å². The SMILES string of the molecule is CCCCCCCCC/C=C/CC/C=C/C(O)C(COP(=O)([O-])OCC[N+](C)(C)C)NC(=O)CCCCCCCCCCCCCCCCCCCC. The summed E-state index contributed by atoms with van der Waals surface area (Å²) in [5.41, 5.74) is 0. The zero-order chi connectivity index (χ0) is 39.3. The van der Waals surface area contributed by atoms with E-state index in [9.17, 15) is 19.4 Å². The van der Waals surface area contributed by atoms with E-state index in [0.717, 1.165) is 38.5 Å². The molecule has 0 fully saturated rings. The van der Waals surface area contributed by atoms with Crippen LogP contribution in [0, 0.1) is 0 Å². The van der Waals surface area contributed by atoms with Crippen molar-refractivity contribution in [1.29, 1.82) is 0 Å². The molecule has 0 aromatic rings. The second-order valence-corrected chi connectivity index (χ2v) is 17.8. The zero-order valence-corrected chi connectivity index (χ0v) is 36.4. The number of rotatable bonds is 40. The fourth-order valence-corrected chi connectivity index (χ4v) is 7.07. The highest BCUT2D eigenvalue weighted by molar-refractivity contribution is 7.45. The zero-order valence-electron chi connectivity index (χ0n) is 35.5. The molecular formula is C44H87N2O6P. The van der Waals surface area contributed by atoms with Gasteiger partial charge in [-0.15, -0.1) is 0 Å². The molecule has 0 aromatic heterocycles. The largest absolute Gasteiger partial charge is 0.756 e. The summed E-state index contributed by atoms with van der Waals surface area (Å²) in [6.07, 6.45) is 42.2. The fourth-order valence-electron chi connectivity index (χ4n) is 6.34. The van der Waals surface area contributed by atoms with Gasteiger partial charge in [0.1, 0.15) is 13.2 Å². The molecule has 0 heterocycles. The molecule has 0 radical (unpaired) electrons. The minimum atomic E-state index is -4.59. The predicted molar refractivity (Wildman–Crippen MR) is 224 cm³/mol. The molecule has 3 atom stereocenters. The quantitative estimate of drug-likeness (QED) is 0.0278. The molecule has 0 saturated carbocycles. The van der Waals surface area contributed by atoms with E-state index in [1.807, 2.05) is 27.2 Å². The topological polar surface area (TPSA) is 108 Å². The Morgan fingerprint density at radius 2 is 1.06 bits per heavy atom. The number of carbonyl (C=O) groups is 1. The van der Waals surface area contributed by atoms with Gasteiger partial charge in [0, 0.05) is 6.42 Å². The Balaban J connectivity index is 4.41. The molecule has 0 rings (SSSR count). The molecule has 0 saturated heterocycles. The summed E-state index contributed by atoms with van der Waals surface area (Å²) in [6, 6.07) is -0.897. The molecule has 0 aliphatic rings. The minimum absolute atomic E-state index is 0.00437. The van der Waals surface area contributed by atoms with Gasteiger partial charge in [0.15, 0.2) is 0 Å². The number of nitrogens with zero attached hydrogens (tertiary/aromatic N) is 1. The molecular weight excluding hydrogens is 683 g/mol. The normalized spacial score (nSPS) is 14.6. The average molecular weight is 771 g/mol. The summed E-state index contributed by atoms with van der Waals surface area (Å²) in [5, 5.41) is 13.7. The number of carbonyl (C=O) groups excluding carboxylic acids is 1. The summed E-state index contributed by atoms with van der Waals surface area (Å²) in [7, 11) is 1.25. The lowest BCUT2D eigenvalue weighted by atomic mass is 10.0. The van der Waals surface area contributed by atoms with Crippen LogP contribution in [0.25, 0.3) is 0 Å². The van der Waals surface area contributed by atoms with Gasteiger partial charge in [0.05, 0.1) is 39.9 Å². The van der Waals surface area contributed by atoms with Crippen molar-refractivity contribution in [3.8, 4) is 0 Å². The van der Waals surface area contributed by atoms with Crippen LogP contribution in [0.1, 0.15) is 200 Å². The Kier molecular flexibility index (Phi) is 35.9. The van der Waals surface area contributed by atoms with E-state index < -0.39 is 20.0 Å². The summed E-state index contributed by atoms with van der Waals surface area (Å²) in [5.74, 6) is -0.206. The maximum atomic E-state index is 12.8. The molecule has 0 bridgehead atoms. The number of aliphatic hydroxyl groups is 1. The van der Waals surface area contributed by atoms with Crippen LogP contribution in [-0.4, -0.2) is 68.5 Å². The summed E-state index contributed by atoms with van der Waals surface area (Å²) < 4.78 is 23.2. The molecule has 53 heavy (non-hydrogen) atoms. The monoisotopic (exact) mass is 771 g/mol. The van der Waals surface area contributed by atoms with E-state index in [0.29, 0.717) is 17.4 Å². The smallest absolute Gasteiger partial charge is 0.268 e. The number of quaternary nitrogens is 1. The maximum absolute atomic E-state index is 12.8. The number of likely N-dealkylation sites (N-methyl/N-ethyl adjacent to an activating group) is 1. The molecule has 3 unspecified atom stereocenters. The number of phosphoric acid groups is 1. The first kappa shape index (κ1) is 52.0. The van der Waals surface area contributed by atoms with Gasteiger partial charge in [-0.1, -0.05) is 186 Å². The first-order valence-electron chi connectivity index (χ1n) is 22.2. The molecule has 2 N–H and O–H groups in total.